The fraction of sp³-hybridized carbons (Fsp3) is 0.267. The minimum Gasteiger partial charge on any atom is -0.493 e. The summed E-state index contributed by atoms with van der Waals surface area (Å²) in [5.41, 5.74) is 7.32. The van der Waals surface area contributed by atoms with Gasteiger partial charge in [0.2, 0.25) is 0 Å². The lowest BCUT2D eigenvalue weighted by molar-refractivity contribution is 0.0981. The summed E-state index contributed by atoms with van der Waals surface area (Å²) in [6.45, 7) is 4.95. The van der Waals surface area contributed by atoms with E-state index < -0.39 is 21.7 Å². The molecule has 0 spiro atoms. The van der Waals surface area contributed by atoms with Crippen molar-refractivity contribution in [3.63, 3.8) is 0 Å². The third kappa shape index (κ3) is 6.49. The molecule has 0 bridgehead atoms. The first kappa shape index (κ1) is 28.9. The van der Waals surface area contributed by atoms with E-state index in [-0.39, 0.29) is 34.2 Å². The average Bonchev–Trinajstić information content (AvgIpc) is 3.46. The van der Waals surface area contributed by atoms with Crippen LogP contribution in [0.15, 0.2) is 78.0 Å². The van der Waals surface area contributed by atoms with Crippen LogP contribution in [0.2, 0.25) is 0 Å². The molecule has 0 aliphatic carbocycles. The smallest absolute Gasteiger partial charge is 0.281 e. The van der Waals surface area contributed by atoms with Gasteiger partial charge in [0.05, 0.1) is 29.6 Å². The number of aromatic nitrogens is 3. The number of halogens is 1. The number of ether oxygens (including phenoxy) is 1. The van der Waals surface area contributed by atoms with E-state index in [1.807, 2.05) is 36.9 Å². The van der Waals surface area contributed by atoms with Gasteiger partial charge in [-0.3, -0.25) is 9.78 Å². The van der Waals surface area contributed by atoms with Gasteiger partial charge in [-0.1, -0.05) is 26.0 Å². The van der Waals surface area contributed by atoms with Crippen LogP contribution in [0, 0.1) is 11.7 Å². The molecule has 218 valence electrons. The predicted molar refractivity (Wildman–Crippen MR) is 157 cm³/mol. The van der Waals surface area contributed by atoms with E-state index in [4.69, 9.17) is 15.5 Å². The summed E-state index contributed by atoms with van der Waals surface area (Å²) in [6.07, 6.45) is 3.25. The summed E-state index contributed by atoms with van der Waals surface area (Å²) in [5, 5.41) is -0.386. The number of amides is 1. The molecule has 1 atom stereocenters. The Morgan fingerprint density at radius 1 is 1.12 bits per heavy atom. The number of nitrogens with two attached hydrogens (primary N) is 1. The second-order valence-corrected chi connectivity index (χ2v) is 12.0. The van der Waals surface area contributed by atoms with Gasteiger partial charge < -0.3 is 15.4 Å². The number of hydrogen-bond acceptors (Lipinski definition) is 9. The predicted octanol–water partition coefficient (Wildman–Crippen LogP) is 4.75. The van der Waals surface area contributed by atoms with Crippen LogP contribution >= 0.6 is 0 Å². The molecular formula is C30H31FN6O4S. The van der Waals surface area contributed by atoms with Crippen LogP contribution in [0.1, 0.15) is 48.8 Å². The zero-order valence-electron chi connectivity index (χ0n) is 23.2. The molecule has 1 aliphatic heterocycles. The Kier molecular flexibility index (Phi) is 8.34. The molecule has 4 aromatic rings. The Morgan fingerprint density at radius 2 is 1.95 bits per heavy atom. The Hall–Kier alpha value is -4.58. The number of pyridine rings is 3. The fourth-order valence-electron chi connectivity index (χ4n) is 4.77. The van der Waals surface area contributed by atoms with Crippen LogP contribution in [0.5, 0.6) is 5.75 Å². The largest absolute Gasteiger partial charge is 0.493 e. The number of carbonyl (C=O) groups excluding carboxylic acids is 1. The molecule has 3 N–H and O–H groups in total. The number of nitrogens with one attached hydrogen (secondary N) is 1. The van der Waals surface area contributed by atoms with Crippen molar-refractivity contribution in [3.8, 4) is 17.0 Å². The van der Waals surface area contributed by atoms with E-state index in [2.05, 4.69) is 14.7 Å². The SMILES string of the molecule is CC(C)COc1cc(F)cc(-c2ccc(C(=O)NS(=O)(=O)c3cccc(N)n3)c(N3CCCC3c3ccccn3)n2)c1. The zero-order valence-corrected chi connectivity index (χ0v) is 24.0. The topological polar surface area (TPSA) is 140 Å². The van der Waals surface area contributed by atoms with Gasteiger partial charge in [0.15, 0.2) is 5.03 Å². The number of sulfonamides is 1. The summed E-state index contributed by atoms with van der Waals surface area (Å²) in [6, 6.07) is 16.9. The number of hydrogen-bond donors (Lipinski definition) is 2. The van der Waals surface area contributed by atoms with Crippen LogP contribution in [0.25, 0.3) is 11.3 Å². The zero-order chi connectivity index (χ0) is 29.9. The second-order valence-electron chi connectivity index (χ2n) is 10.4. The first-order valence-electron chi connectivity index (χ1n) is 13.5. The maximum absolute atomic E-state index is 14.6. The lowest BCUT2D eigenvalue weighted by atomic mass is 10.1. The van der Waals surface area contributed by atoms with E-state index in [1.54, 1.807) is 18.3 Å². The van der Waals surface area contributed by atoms with E-state index in [9.17, 15) is 17.6 Å². The first-order valence-corrected chi connectivity index (χ1v) is 15.0. The van der Waals surface area contributed by atoms with Crippen molar-refractivity contribution in [2.75, 3.05) is 23.8 Å². The highest BCUT2D eigenvalue weighted by atomic mass is 32.2. The molecule has 1 aromatic carbocycles. The minimum atomic E-state index is -4.34. The number of benzene rings is 1. The first-order chi connectivity index (χ1) is 20.1. The average molecular weight is 591 g/mol. The maximum Gasteiger partial charge on any atom is 0.281 e. The molecule has 1 aliphatic rings. The fourth-order valence-corrected chi connectivity index (χ4v) is 5.71. The van der Waals surface area contributed by atoms with Crippen molar-refractivity contribution in [1.82, 2.24) is 19.7 Å². The van der Waals surface area contributed by atoms with Crippen LogP contribution in [0.3, 0.4) is 0 Å². The third-order valence-corrected chi connectivity index (χ3v) is 7.90. The Bertz CT molecular complexity index is 1700. The molecule has 10 nitrogen and oxygen atoms in total. The molecule has 5 rings (SSSR count). The summed E-state index contributed by atoms with van der Waals surface area (Å²) < 4.78 is 48.5. The number of nitrogen functional groups attached to an aromatic ring is 1. The molecule has 1 unspecified atom stereocenters. The summed E-state index contributed by atoms with van der Waals surface area (Å²) in [7, 11) is -4.34. The normalized spacial score (nSPS) is 15.1. The van der Waals surface area contributed by atoms with Crippen molar-refractivity contribution >= 4 is 27.6 Å². The van der Waals surface area contributed by atoms with E-state index in [0.29, 0.717) is 30.2 Å². The molecule has 0 saturated carbocycles. The van der Waals surface area contributed by atoms with Gasteiger partial charge in [-0.05, 0) is 67.3 Å². The second kappa shape index (κ2) is 12.1. The van der Waals surface area contributed by atoms with Crippen LogP contribution < -0.4 is 20.1 Å². The van der Waals surface area contributed by atoms with Crippen molar-refractivity contribution < 1.29 is 22.3 Å². The van der Waals surface area contributed by atoms with E-state index in [0.717, 1.165) is 18.5 Å². The summed E-state index contributed by atoms with van der Waals surface area (Å²) >= 11 is 0. The quantitative estimate of drug-likeness (QED) is 0.282. The maximum atomic E-state index is 14.6. The monoisotopic (exact) mass is 590 g/mol. The van der Waals surface area contributed by atoms with Gasteiger partial charge in [-0.2, -0.15) is 8.42 Å². The molecular weight excluding hydrogens is 559 g/mol. The van der Waals surface area contributed by atoms with Gasteiger partial charge in [0.25, 0.3) is 15.9 Å². The van der Waals surface area contributed by atoms with E-state index >= 15 is 0 Å². The summed E-state index contributed by atoms with van der Waals surface area (Å²) in [4.78, 5) is 28.6. The molecule has 1 saturated heterocycles. The number of rotatable bonds is 9. The van der Waals surface area contributed by atoms with E-state index in [1.165, 1.54) is 36.4 Å². The molecule has 0 radical (unpaired) electrons. The number of anilines is 2. The molecule has 12 heteroatoms. The Labute approximate surface area is 243 Å². The number of nitrogens with zero attached hydrogens (tertiary/aromatic N) is 4. The lowest BCUT2D eigenvalue weighted by Crippen LogP contribution is -2.34. The van der Waals surface area contributed by atoms with Crippen LogP contribution in [0.4, 0.5) is 16.0 Å². The Morgan fingerprint density at radius 3 is 2.69 bits per heavy atom. The lowest BCUT2D eigenvalue weighted by Gasteiger charge is -2.27. The number of carbonyl (C=O) groups is 1. The highest BCUT2D eigenvalue weighted by Gasteiger charge is 2.32. The van der Waals surface area contributed by atoms with Gasteiger partial charge in [-0.15, -0.1) is 0 Å². The standard InChI is InChI=1S/C30H31FN6O4S/c1-19(2)18-41-22-16-20(15-21(31)17-22)24-12-11-23(30(38)36-42(39,40)28-10-5-9-27(32)35-28)29(34-24)37-14-6-8-26(37)25-7-3-4-13-33-25/h3-5,7,9-13,15-17,19,26H,6,8,14,18H2,1-2H3,(H2,32,35)(H,36,38). The summed E-state index contributed by atoms with van der Waals surface area (Å²) in [5.74, 6) is -0.527. The third-order valence-electron chi connectivity index (χ3n) is 6.67. The molecule has 1 amide bonds. The van der Waals surface area contributed by atoms with Gasteiger partial charge in [0.1, 0.15) is 23.2 Å². The van der Waals surface area contributed by atoms with Gasteiger partial charge >= 0.3 is 0 Å². The van der Waals surface area contributed by atoms with Crippen molar-refractivity contribution in [2.24, 2.45) is 5.92 Å². The van der Waals surface area contributed by atoms with Crippen molar-refractivity contribution in [2.45, 2.75) is 37.8 Å². The highest BCUT2D eigenvalue weighted by molar-refractivity contribution is 7.90. The molecule has 1 fully saturated rings. The van der Waals surface area contributed by atoms with Crippen molar-refractivity contribution in [1.29, 1.82) is 0 Å². The molecule has 42 heavy (non-hydrogen) atoms. The Balaban J connectivity index is 1.57. The highest BCUT2D eigenvalue weighted by Crippen LogP contribution is 2.37. The van der Waals surface area contributed by atoms with Gasteiger partial charge in [-0.25, -0.2) is 19.1 Å². The van der Waals surface area contributed by atoms with Crippen molar-refractivity contribution in [3.05, 3.63) is 90.0 Å². The van der Waals surface area contributed by atoms with Crippen LogP contribution in [-0.4, -0.2) is 42.4 Å². The molecule has 3 aromatic heterocycles. The van der Waals surface area contributed by atoms with Crippen LogP contribution in [-0.2, 0) is 10.0 Å². The van der Waals surface area contributed by atoms with Gasteiger partial charge in [0, 0.05) is 24.4 Å². The molecule has 4 heterocycles. The minimum absolute atomic E-state index is 0.000798.